The average molecular weight is 276 g/mol. The van der Waals surface area contributed by atoms with E-state index < -0.39 is 5.97 Å². The SMILES string of the molecule is CC1CN(C)CCC1NCc1ccccc1CC(=O)O. The summed E-state index contributed by atoms with van der Waals surface area (Å²) >= 11 is 0. The molecule has 4 nitrogen and oxygen atoms in total. The number of piperidine rings is 1. The molecule has 2 unspecified atom stereocenters. The minimum Gasteiger partial charge on any atom is -0.481 e. The van der Waals surface area contributed by atoms with Gasteiger partial charge in [-0.3, -0.25) is 4.79 Å². The predicted molar refractivity (Wildman–Crippen MR) is 79.7 cm³/mol. The fourth-order valence-corrected chi connectivity index (χ4v) is 2.96. The monoisotopic (exact) mass is 276 g/mol. The summed E-state index contributed by atoms with van der Waals surface area (Å²) in [4.78, 5) is 13.3. The first-order valence-electron chi connectivity index (χ1n) is 7.26. The molecule has 0 aromatic heterocycles. The third kappa shape index (κ3) is 4.05. The lowest BCUT2D eigenvalue weighted by Gasteiger charge is -2.35. The van der Waals surface area contributed by atoms with Crippen molar-refractivity contribution in [3.05, 3.63) is 35.4 Å². The van der Waals surface area contributed by atoms with Crippen LogP contribution < -0.4 is 5.32 Å². The van der Waals surface area contributed by atoms with E-state index in [4.69, 9.17) is 5.11 Å². The Kier molecular flexibility index (Phi) is 5.15. The number of aliphatic carboxylic acids is 1. The average Bonchev–Trinajstić information content (AvgIpc) is 2.39. The minimum absolute atomic E-state index is 0.0980. The van der Waals surface area contributed by atoms with Crippen molar-refractivity contribution >= 4 is 5.97 Å². The number of hydrogen-bond acceptors (Lipinski definition) is 3. The maximum absolute atomic E-state index is 10.9. The summed E-state index contributed by atoms with van der Waals surface area (Å²) < 4.78 is 0. The smallest absolute Gasteiger partial charge is 0.307 e. The van der Waals surface area contributed by atoms with Gasteiger partial charge in [0.1, 0.15) is 0 Å². The lowest BCUT2D eigenvalue weighted by molar-refractivity contribution is -0.136. The molecule has 1 aliphatic heterocycles. The highest BCUT2D eigenvalue weighted by molar-refractivity contribution is 5.70. The maximum atomic E-state index is 10.9. The molecule has 2 rings (SSSR count). The molecule has 4 heteroatoms. The summed E-state index contributed by atoms with van der Waals surface area (Å²) in [7, 11) is 2.16. The van der Waals surface area contributed by atoms with Gasteiger partial charge in [0, 0.05) is 19.1 Å². The molecule has 2 N–H and O–H groups in total. The highest BCUT2D eigenvalue weighted by Crippen LogP contribution is 2.17. The second-order valence-electron chi connectivity index (χ2n) is 5.85. The summed E-state index contributed by atoms with van der Waals surface area (Å²) in [6.45, 7) is 5.27. The van der Waals surface area contributed by atoms with Gasteiger partial charge in [-0.1, -0.05) is 31.2 Å². The van der Waals surface area contributed by atoms with Gasteiger partial charge in [0.2, 0.25) is 0 Å². The van der Waals surface area contributed by atoms with Crippen molar-refractivity contribution in [1.82, 2.24) is 10.2 Å². The third-order valence-electron chi connectivity index (χ3n) is 4.12. The molecule has 0 aliphatic carbocycles. The van der Waals surface area contributed by atoms with Crippen molar-refractivity contribution in [1.29, 1.82) is 0 Å². The molecule has 0 amide bonds. The first-order valence-corrected chi connectivity index (χ1v) is 7.26. The maximum Gasteiger partial charge on any atom is 0.307 e. The highest BCUT2D eigenvalue weighted by atomic mass is 16.4. The van der Waals surface area contributed by atoms with Crippen LogP contribution in [-0.2, 0) is 17.8 Å². The molecule has 1 aliphatic rings. The van der Waals surface area contributed by atoms with E-state index in [0.717, 1.165) is 37.2 Å². The van der Waals surface area contributed by atoms with E-state index in [2.05, 4.69) is 24.2 Å². The number of nitrogens with one attached hydrogen (secondary N) is 1. The molecule has 0 bridgehead atoms. The van der Waals surface area contributed by atoms with Crippen LogP contribution in [0.25, 0.3) is 0 Å². The third-order valence-corrected chi connectivity index (χ3v) is 4.12. The summed E-state index contributed by atoms with van der Waals surface area (Å²) in [5.41, 5.74) is 2.01. The lowest BCUT2D eigenvalue weighted by atomic mass is 9.93. The first-order chi connectivity index (χ1) is 9.56. The van der Waals surface area contributed by atoms with E-state index in [9.17, 15) is 4.79 Å². The number of likely N-dealkylation sites (tertiary alicyclic amines) is 1. The van der Waals surface area contributed by atoms with Gasteiger partial charge in [-0.15, -0.1) is 0 Å². The number of carboxylic acid groups (broad SMARTS) is 1. The molecule has 1 fully saturated rings. The Bertz CT molecular complexity index is 462. The molecule has 110 valence electrons. The number of carbonyl (C=O) groups is 1. The van der Waals surface area contributed by atoms with Crippen molar-refractivity contribution in [2.24, 2.45) is 5.92 Å². The molecule has 0 radical (unpaired) electrons. The van der Waals surface area contributed by atoms with Crippen LogP contribution in [-0.4, -0.2) is 42.2 Å². The molecule has 1 saturated heterocycles. The largest absolute Gasteiger partial charge is 0.481 e. The Hall–Kier alpha value is -1.39. The number of hydrogen-bond donors (Lipinski definition) is 2. The Morgan fingerprint density at radius 1 is 1.40 bits per heavy atom. The van der Waals surface area contributed by atoms with Crippen LogP contribution in [0.3, 0.4) is 0 Å². The van der Waals surface area contributed by atoms with Gasteiger partial charge in [0.05, 0.1) is 6.42 Å². The van der Waals surface area contributed by atoms with Gasteiger partial charge in [-0.05, 0) is 37.1 Å². The number of benzene rings is 1. The molecule has 20 heavy (non-hydrogen) atoms. The second-order valence-corrected chi connectivity index (χ2v) is 5.85. The van der Waals surface area contributed by atoms with Gasteiger partial charge in [-0.25, -0.2) is 0 Å². The molecule has 1 heterocycles. The molecule has 0 spiro atoms. The quantitative estimate of drug-likeness (QED) is 0.860. The van der Waals surface area contributed by atoms with Crippen molar-refractivity contribution in [3.8, 4) is 0 Å². The molecule has 2 atom stereocenters. The summed E-state index contributed by atoms with van der Waals surface area (Å²) in [5, 5.41) is 12.6. The number of rotatable bonds is 5. The van der Waals surface area contributed by atoms with Crippen molar-refractivity contribution in [3.63, 3.8) is 0 Å². The van der Waals surface area contributed by atoms with E-state index >= 15 is 0 Å². The van der Waals surface area contributed by atoms with E-state index in [0.29, 0.717) is 12.0 Å². The first kappa shape index (κ1) is 15.0. The second kappa shape index (κ2) is 6.86. The summed E-state index contributed by atoms with van der Waals surface area (Å²) in [6, 6.07) is 8.32. The summed E-state index contributed by atoms with van der Waals surface area (Å²) in [5.74, 6) is -0.148. The summed E-state index contributed by atoms with van der Waals surface area (Å²) in [6.07, 6.45) is 1.25. The van der Waals surface area contributed by atoms with Gasteiger partial charge >= 0.3 is 5.97 Å². The number of nitrogens with zero attached hydrogens (tertiary/aromatic N) is 1. The molecular weight excluding hydrogens is 252 g/mol. The van der Waals surface area contributed by atoms with Crippen LogP contribution in [0.2, 0.25) is 0 Å². The van der Waals surface area contributed by atoms with E-state index in [1.807, 2.05) is 24.3 Å². The predicted octanol–water partition coefficient (Wildman–Crippen LogP) is 1.74. The van der Waals surface area contributed by atoms with Crippen LogP contribution in [0.15, 0.2) is 24.3 Å². The zero-order valence-corrected chi connectivity index (χ0v) is 12.3. The van der Waals surface area contributed by atoms with Crippen LogP contribution in [0, 0.1) is 5.92 Å². The van der Waals surface area contributed by atoms with Gasteiger partial charge in [0.25, 0.3) is 0 Å². The van der Waals surface area contributed by atoms with Crippen LogP contribution >= 0.6 is 0 Å². The van der Waals surface area contributed by atoms with E-state index in [-0.39, 0.29) is 6.42 Å². The van der Waals surface area contributed by atoms with E-state index in [1.54, 1.807) is 0 Å². The van der Waals surface area contributed by atoms with Crippen molar-refractivity contribution < 1.29 is 9.90 Å². The van der Waals surface area contributed by atoms with Gasteiger partial charge in [0.15, 0.2) is 0 Å². The van der Waals surface area contributed by atoms with Crippen molar-refractivity contribution in [2.45, 2.75) is 32.4 Å². The Balaban J connectivity index is 1.95. The molecule has 1 aromatic carbocycles. The van der Waals surface area contributed by atoms with Gasteiger partial charge in [-0.2, -0.15) is 0 Å². The lowest BCUT2D eigenvalue weighted by Crippen LogP contribution is -2.46. The molecule has 0 saturated carbocycles. The van der Waals surface area contributed by atoms with Gasteiger partial charge < -0.3 is 15.3 Å². The topological polar surface area (TPSA) is 52.6 Å². The minimum atomic E-state index is -0.773. The molecule has 1 aromatic rings. The molecular formula is C16H24N2O2. The standard InChI is InChI=1S/C16H24N2O2/c1-12-11-18(2)8-7-15(12)17-10-14-6-4-3-5-13(14)9-16(19)20/h3-6,12,15,17H,7-11H2,1-2H3,(H,19,20). The highest BCUT2D eigenvalue weighted by Gasteiger charge is 2.23. The normalized spacial score (nSPS) is 23.7. The Morgan fingerprint density at radius 2 is 2.10 bits per heavy atom. The van der Waals surface area contributed by atoms with Crippen LogP contribution in [0.5, 0.6) is 0 Å². The Labute approximate surface area is 120 Å². The fourth-order valence-electron chi connectivity index (χ4n) is 2.96. The zero-order chi connectivity index (χ0) is 14.5. The fraction of sp³-hybridized carbons (Fsp3) is 0.562. The van der Waals surface area contributed by atoms with Crippen LogP contribution in [0.4, 0.5) is 0 Å². The number of carboxylic acids is 1. The van der Waals surface area contributed by atoms with Crippen molar-refractivity contribution in [2.75, 3.05) is 20.1 Å². The zero-order valence-electron chi connectivity index (χ0n) is 12.3. The Morgan fingerprint density at radius 3 is 2.75 bits per heavy atom. The van der Waals surface area contributed by atoms with E-state index in [1.165, 1.54) is 0 Å². The van der Waals surface area contributed by atoms with Crippen LogP contribution in [0.1, 0.15) is 24.5 Å².